The third-order valence-electron chi connectivity index (χ3n) is 3.36. The van der Waals surface area contributed by atoms with Crippen LogP contribution >= 0.6 is 11.8 Å². The number of thioether (sulfide) groups is 1. The highest BCUT2D eigenvalue weighted by Gasteiger charge is 2.18. The van der Waals surface area contributed by atoms with Crippen molar-refractivity contribution in [1.29, 1.82) is 0 Å². The molecule has 0 unspecified atom stereocenters. The normalized spacial score (nSPS) is 11.8. The number of ether oxygens (including phenoxy) is 1. The van der Waals surface area contributed by atoms with Gasteiger partial charge in [-0.15, -0.1) is 10.2 Å². The number of carbonyl (C=O) groups is 1. The van der Waals surface area contributed by atoms with Crippen LogP contribution in [-0.4, -0.2) is 21.9 Å². The summed E-state index contributed by atoms with van der Waals surface area (Å²) in [5.41, 5.74) is 0.486. The average molecular weight is 391 g/mol. The second-order valence-electron chi connectivity index (χ2n) is 5.44. The van der Waals surface area contributed by atoms with Crippen LogP contribution in [0.4, 0.5) is 14.5 Å². The number of amides is 1. The molecule has 9 heteroatoms. The van der Waals surface area contributed by atoms with Crippen molar-refractivity contribution >= 4 is 23.4 Å². The molecule has 1 aromatic heterocycles. The molecule has 1 amide bonds. The van der Waals surface area contributed by atoms with Crippen molar-refractivity contribution in [3.63, 3.8) is 0 Å². The van der Waals surface area contributed by atoms with E-state index in [2.05, 4.69) is 15.5 Å². The Morgan fingerprint density at radius 1 is 1.19 bits per heavy atom. The van der Waals surface area contributed by atoms with Crippen LogP contribution < -0.4 is 10.1 Å². The molecule has 3 rings (SSSR count). The van der Waals surface area contributed by atoms with Crippen LogP contribution in [0.25, 0.3) is 0 Å². The molecule has 1 N–H and O–H groups in total. The van der Waals surface area contributed by atoms with Crippen molar-refractivity contribution in [3.05, 3.63) is 66.1 Å². The highest BCUT2D eigenvalue weighted by molar-refractivity contribution is 7.99. The zero-order chi connectivity index (χ0) is 19.2. The summed E-state index contributed by atoms with van der Waals surface area (Å²) in [6.45, 7) is 1.65. The molecule has 3 aromatic rings. The maximum Gasteiger partial charge on any atom is 0.277 e. The largest absolute Gasteiger partial charge is 0.478 e. The quantitative estimate of drug-likeness (QED) is 0.608. The number of nitrogens with one attached hydrogen (secondary N) is 1. The number of nitrogens with zero attached hydrogens (tertiary/aromatic N) is 2. The van der Waals surface area contributed by atoms with Gasteiger partial charge in [0.25, 0.3) is 11.1 Å². The van der Waals surface area contributed by atoms with E-state index in [0.717, 1.165) is 11.8 Å². The van der Waals surface area contributed by atoms with Crippen LogP contribution in [0.1, 0.15) is 18.9 Å². The number of hydrogen-bond donors (Lipinski definition) is 1. The summed E-state index contributed by atoms with van der Waals surface area (Å²) in [6.07, 6.45) is -0.656. The van der Waals surface area contributed by atoms with Gasteiger partial charge < -0.3 is 14.5 Å². The first kappa shape index (κ1) is 18.8. The van der Waals surface area contributed by atoms with Gasteiger partial charge in [-0.25, -0.2) is 8.78 Å². The molecule has 140 valence electrons. The van der Waals surface area contributed by atoms with Crippen molar-refractivity contribution < 1.29 is 22.7 Å². The Morgan fingerprint density at radius 3 is 2.67 bits per heavy atom. The van der Waals surface area contributed by atoms with Crippen LogP contribution in [-0.2, 0) is 4.79 Å². The minimum absolute atomic E-state index is 0.0293. The first-order valence-corrected chi connectivity index (χ1v) is 8.92. The molecule has 1 heterocycles. The minimum Gasteiger partial charge on any atom is -0.478 e. The number of anilines is 1. The predicted molar refractivity (Wildman–Crippen MR) is 95.5 cm³/mol. The fourth-order valence-corrected chi connectivity index (χ4v) is 2.65. The lowest BCUT2D eigenvalue weighted by molar-refractivity contribution is -0.113. The summed E-state index contributed by atoms with van der Waals surface area (Å²) in [4.78, 5) is 11.9. The van der Waals surface area contributed by atoms with Crippen LogP contribution in [0.3, 0.4) is 0 Å². The summed E-state index contributed by atoms with van der Waals surface area (Å²) in [5, 5.41) is 10.5. The van der Waals surface area contributed by atoms with E-state index >= 15 is 0 Å². The molecule has 0 bridgehead atoms. The van der Waals surface area contributed by atoms with Gasteiger partial charge >= 0.3 is 0 Å². The van der Waals surface area contributed by atoms with Crippen molar-refractivity contribution in [2.75, 3.05) is 11.1 Å². The zero-order valence-electron chi connectivity index (χ0n) is 14.2. The number of benzene rings is 2. The van der Waals surface area contributed by atoms with E-state index in [4.69, 9.17) is 9.15 Å². The van der Waals surface area contributed by atoms with Gasteiger partial charge in [0.15, 0.2) is 17.7 Å². The van der Waals surface area contributed by atoms with Crippen molar-refractivity contribution in [2.45, 2.75) is 18.3 Å². The Kier molecular flexibility index (Phi) is 6.02. The number of hydrogen-bond acceptors (Lipinski definition) is 6. The van der Waals surface area contributed by atoms with Crippen LogP contribution in [0, 0.1) is 11.6 Å². The molecule has 0 radical (unpaired) electrons. The zero-order valence-corrected chi connectivity index (χ0v) is 15.0. The number of halogens is 2. The molecule has 6 nitrogen and oxygen atoms in total. The van der Waals surface area contributed by atoms with Gasteiger partial charge in [0, 0.05) is 5.69 Å². The van der Waals surface area contributed by atoms with Gasteiger partial charge in [-0.3, -0.25) is 4.79 Å². The minimum atomic E-state index is -0.656. The van der Waals surface area contributed by atoms with Crippen molar-refractivity contribution in [1.82, 2.24) is 10.2 Å². The Balaban J connectivity index is 1.52. The maximum absolute atomic E-state index is 13.6. The number of rotatable bonds is 7. The van der Waals surface area contributed by atoms with E-state index in [0.29, 0.717) is 5.69 Å². The molecular formula is C18H15F2N3O3S. The van der Waals surface area contributed by atoms with Gasteiger partial charge in [0.05, 0.1) is 5.75 Å². The second-order valence-corrected chi connectivity index (χ2v) is 6.37. The molecule has 0 saturated carbocycles. The SMILES string of the molecule is C[C@@H](Oc1ccccc1F)c1nnc(SCC(=O)Nc2ccc(F)cc2)o1. The molecule has 0 spiro atoms. The van der Waals surface area contributed by atoms with Gasteiger partial charge in [0.2, 0.25) is 5.91 Å². The van der Waals surface area contributed by atoms with Crippen LogP contribution in [0.2, 0.25) is 0 Å². The topological polar surface area (TPSA) is 77.2 Å². The summed E-state index contributed by atoms with van der Waals surface area (Å²) < 4.78 is 37.4. The van der Waals surface area contributed by atoms with Crippen LogP contribution in [0.5, 0.6) is 5.75 Å². The Bertz CT molecular complexity index is 918. The Labute approximate surface area is 157 Å². The summed E-state index contributed by atoms with van der Waals surface area (Å²) in [7, 11) is 0. The lowest BCUT2D eigenvalue weighted by Crippen LogP contribution is -2.13. The smallest absolute Gasteiger partial charge is 0.277 e. The summed E-state index contributed by atoms with van der Waals surface area (Å²) >= 11 is 1.04. The van der Waals surface area contributed by atoms with E-state index in [1.165, 1.54) is 36.4 Å². The fourth-order valence-electron chi connectivity index (χ4n) is 2.08. The maximum atomic E-state index is 13.6. The van der Waals surface area contributed by atoms with E-state index in [9.17, 15) is 13.6 Å². The first-order chi connectivity index (χ1) is 13.0. The molecule has 0 fully saturated rings. The standard InChI is InChI=1S/C18H15F2N3O3S/c1-11(25-15-5-3-2-4-14(15)20)17-22-23-18(26-17)27-10-16(24)21-13-8-6-12(19)7-9-13/h2-9,11H,10H2,1H3,(H,21,24)/t11-/m1/s1. The number of aromatic nitrogens is 2. The van der Waals surface area contributed by atoms with Gasteiger partial charge in [-0.05, 0) is 43.3 Å². The second kappa shape index (κ2) is 8.63. The first-order valence-electron chi connectivity index (χ1n) is 7.94. The Hall–Kier alpha value is -2.94. The lowest BCUT2D eigenvalue weighted by Gasteiger charge is -2.11. The lowest BCUT2D eigenvalue weighted by atomic mass is 10.3. The summed E-state index contributed by atoms with van der Waals surface area (Å²) in [5.74, 6) is -0.900. The molecule has 0 saturated heterocycles. The van der Waals surface area contributed by atoms with Gasteiger partial charge in [-0.2, -0.15) is 0 Å². The Morgan fingerprint density at radius 2 is 1.93 bits per heavy atom. The molecule has 1 atom stereocenters. The molecule has 0 aliphatic rings. The number of carbonyl (C=O) groups excluding carboxylic acids is 1. The molecule has 0 aliphatic heterocycles. The number of para-hydroxylation sites is 1. The van der Waals surface area contributed by atoms with Crippen molar-refractivity contribution in [3.8, 4) is 5.75 Å². The van der Waals surface area contributed by atoms with Gasteiger partial charge in [-0.1, -0.05) is 23.9 Å². The molecular weight excluding hydrogens is 376 g/mol. The summed E-state index contributed by atoms with van der Waals surface area (Å²) in [6, 6.07) is 11.4. The third-order valence-corrected chi connectivity index (χ3v) is 4.18. The van der Waals surface area contributed by atoms with E-state index < -0.39 is 11.9 Å². The fraction of sp³-hybridized carbons (Fsp3) is 0.167. The molecule has 2 aromatic carbocycles. The van der Waals surface area contributed by atoms with E-state index in [1.54, 1.807) is 19.1 Å². The van der Waals surface area contributed by atoms with Crippen LogP contribution in [0.15, 0.2) is 58.2 Å². The predicted octanol–water partition coefficient (Wildman–Crippen LogP) is 4.22. The monoisotopic (exact) mass is 391 g/mol. The highest BCUT2D eigenvalue weighted by Crippen LogP contribution is 2.25. The molecule has 0 aliphatic carbocycles. The van der Waals surface area contributed by atoms with E-state index in [1.807, 2.05) is 0 Å². The van der Waals surface area contributed by atoms with Crippen molar-refractivity contribution in [2.24, 2.45) is 0 Å². The average Bonchev–Trinajstić information content (AvgIpc) is 3.13. The van der Waals surface area contributed by atoms with Gasteiger partial charge in [0.1, 0.15) is 5.82 Å². The molecule has 27 heavy (non-hydrogen) atoms. The third kappa shape index (κ3) is 5.27. The van der Waals surface area contributed by atoms with E-state index in [-0.39, 0.29) is 34.3 Å². The highest BCUT2D eigenvalue weighted by atomic mass is 32.2.